The SMILES string of the molecule is O=C(NC1CC(Cn2cncn2)C1)c1ccc(Cn2cccn2)cc1. The molecule has 1 aliphatic carbocycles. The van der Waals surface area contributed by atoms with Crippen LogP contribution in [0.25, 0.3) is 0 Å². The lowest BCUT2D eigenvalue weighted by molar-refractivity contribution is 0.0879. The van der Waals surface area contributed by atoms with Crippen molar-refractivity contribution in [2.24, 2.45) is 5.92 Å². The first kappa shape index (κ1) is 15.6. The highest BCUT2D eigenvalue weighted by atomic mass is 16.1. The molecule has 0 unspecified atom stereocenters. The highest BCUT2D eigenvalue weighted by molar-refractivity contribution is 5.94. The molecule has 2 heterocycles. The zero-order chi connectivity index (χ0) is 17.1. The lowest BCUT2D eigenvalue weighted by atomic mass is 9.80. The number of benzene rings is 1. The van der Waals surface area contributed by atoms with Gasteiger partial charge in [-0.2, -0.15) is 10.2 Å². The van der Waals surface area contributed by atoms with Gasteiger partial charge < -0.3 is 5.32 Å². The monoisotopic (exact) mass is 336 g/mol. The predicted octanol–water partition coefficient (Wildman–Crippen LogP) is 1.73. The third kappa shape index (κ3) is 3.76. The van der Waals surface area contributed by atoms with E-state index in [-0.39, 0.29) is 11.9 Å². The first-order chi connectivity index (χ1) is 12.3. The molecule has 1 N–H and O–H groups in total. The minimum absolute atomic E-state index is 0.00477. The fraction of sp³-hybridized carbons (Fsp3) is 0.333. The summed E-state index contributed by atoms with van der Waals surface area (Å²) < 4.78 is 3.71. The molecule has 1 fully saturated rings. The summed E-state index contributed by atoms with van der Waals surface area (Å²) in [5, 5.41) is 11.4. The second-order valence-electron chi connectivity index (χ2n) is 6.53. The van der Waals surface area contributed by atoms with Gasteiger partial charge in [0.25, 0.3) is 5.91 Å². The van der Waals surface area contributed by atoms with E-state index >= 15 is 0 Å². The molecule has 1 saturated carbocycles. The minimum atomic E-state index is -0.00477. The number of carbonyl (C=O) groups is 1. The van der Waals surface area contributed by atoms with Crippen molar-refractivity contribution in [2.45, 2.75) is 32.0 Å². The summed E-state index contributed by atoms with van der Waals surface area (Å²) in [7, 11) is 0. The molecule has 0 saturated heterocycles. The number of nitrogens with zero attached hydrogens (tertiary/aromatic N) is 5. The van der Waals surface area contributed by atoms with Crippen LogP contribution in [-0.4, -0.2) is 36.5 Å². The van der Waals surface area contributed by atoms with Crippen molar-refractivity contribution in [3.8, 4) is 0 Å². The van der Waals surface area contributed by atoms with Crippen molar-refractivity contribution in [1.82, 2.24) is 29.9 Å². The lowest BCUT2D eigenvalue weighted by Gasteiger charge is -2.35. The van der Waals surface area contributed by atoms with Crippen molar-refractivity contribution < 1.29 is 4.79 Å². The Morgan fingerprint density at radius 2 is 2.00 bits per heavy atom. The van der Waals surface area contributed by atoms with Crippen LogP contribution in [0.4, 0.5) is 0 Å². The summed E-state index contributed by atoms with van der Waals surface area (Å²) in [6.07, 6.45) is 8.94. The summed E-state index contributed by atoms with van der Waals surface area (Å²) in [5.74, 6) is 0.554. The molecule has 1 amide bonds. The molecule has 0 aliphatic heterocycles. The summed E-state index contributed by atoms with van der Waals surface area (Å²) in [5.41, 5.74) is 1.82. The van der Waals surface area contributed by atoms with Gasteiger partial charge in [0.05, 0.1) is 6.54 Å². The Kier molecular flexibility index (Phi) is 4.28. The van der Waals surface area contributed by atoms with Gasteiger partial charge >= 0.3 is 0 Å². The van der Waals surface area contributed by atoms with Gasteiger partial charge in [0.2, 0.25) is 0 Å². The van der Waals surface area contributed by atoms with Crippen LogP contribution in [-0.2, 0) is 13.1 Å². The maximum Gasteiger partial charge on any atom is 0.251 e. The number of aromatic nitrogens is 5. The molecule has 7 nitrogen and oxygen atoms in total. The van der Waals surface area contributed by atoms with E-state index in [1.807, 2.05) is 45.9 Å². The van der Waals surface area contributed by atoms with Gasteiger partial charge in [-0.25, -0.2) is 4.98 Å². The van der Waals surface area contributed by atoms with Crippen molar-refractivity contribution in [3.05, 3.63) is 66.5 Å². The van der Waals surface area contributed by atoms with Crippen LogP contribution in [0.2, 0.25) is 0 Å². The molecule has 0 radical (unpaired) electrons. The first-order valence-electron chi connectivity index (χ1n) is 8.46. The van der Waals surface area contributed by atoms with Crippen molar-refractivity contribution >= 4 is 5.91 Å². The van der Waals surface area contributed by atoms with E-state index in [0.717, 1.165) is 24.9 Å². The number of carbonyl (C=O) groups excluding carboxylic acids is 1. The van der Waals surface area contributed by atoms with Crippen LogP contribution in [0.1, 0.15) is 28.8 Å². The van der Waals surface area contributed by atoms with Gasteiger partial charge in [-0.05, 0) is 42.5 Å². The van der Waals surface area contributed by atoms with E-state index in [0.29, 0.717) is 18.0 Å². The highest BCUT2D eigenvalue weighted by Gasteiger charge is 2.30. The predicted molar refractivity (Wildman–Crippen MR) is 91.8 cm³/mol. The molecule has 7 heteroatoms. The Labute approximate surface area is 145 Å². The molecule has 0 atom stereocenters. The maximum absolute atomic E-state index is 12.3. The number of hydrogen-bond donors (Lipinski definition) is 1. The van der Waals surface area contributed by atoms with Crippen molar-refractivity contribution in [2.75, 3.05) is 0 Å². The van der Waals surface area contributed by atoms with Crippen molar-refractivity contribution in [3.63, 3.8) is 0 Å². The van der Waals surface area contributed by atoms with Gasteiger partial charge in [-0.15, -0.1) is 0 Å². The van der Waals surface area contributed by atoms with Crippen LogP contribution in [0.3, 0.4) is 0 Å². The molecule has 1 aliphatic rings. The Balaban J connectivity index is 1.26. The third-order valence-electron chi connectivity index (χ3n) is 4.60. The largest absolute Gasteiger partial charge is 0.349 e. The third-order valence-corrected chi connectivity index (χ3v) is 4.60. The fourth-order valence-corrected chi connectivity index (χ4v) is 3.21. The number of rotatable bonds is 6. The molecular weight excluding hydrogens is 316 g/mol. The lowest BCUT2D eigenvalue weighted by Crippen LogP contribution is -2.45. The van der Waals surface area contributed by atoms with Gasteiger partial charge in [-0.3, -0.25) is 14.2 Å². The van der Waals surface area contributed by atoms with Gasteiger partial charge in [0.15, 0.2) is 0 Å². The average molecular weight is 336 g/mol. The molecule has 1 aromatic carbocycles. The minimum Gasteiger partial charge on any atom is -0.349 e. The molecular formula is C18H20N6O. The average Bonchev–Trinajstić information content (AvgIpc) is 3.27. The van der Waals surface area contributed by atoms with Crippen LogP contribution < -0.4 is 5.32 Å². The summed E-state index contributed by atoms with van der Waals surface area (Å²) in [6, 6.07) is 9.86. The molecule has 2 aromatic heterocycles. The summed E-state index contributed by atoms with van der Waals surface area (Å²) >= 11 is 0. The second kappa shape index (κ2) is 6.88. The number of nitrogens with one attached hydrogen (secondary N) is 1. The molecule has 3 aromatic rings. The second-order valence-corrected chi connectivity index (χ2v) is 6.53. The smallest absolute Gasteiger partial charge is 0.251 e. The summed E-state index contributed by atoms with van der Waals surface area (Å²) in [4.78, 5) is 16.3. The molecule has 4 rings (SSSR count). The maximum atomic E-state index is 12.3. The van der Waals surface area contributed by atoms with E-state index < -0.39 is 0 Å². The standard InChI is InChI=1S/C18H20N6O/c25-18(22-17-8-15(9-17)11-24-13-19-12-21-24)16-4-2-14(3-5-16)10-23-7-1-6-20-23/h1-7,12-13,15,17H,8-11H2,(H,22,25). The quantitative estimate of drug-likeness (QED) is 0.744. The first-order valence-corrected chi connectivity index (χ1v) is 8.46. The van der Waals surface area contributed by atoms with E-state index in [9.17, 15) is 4.79 Å². The normalized spacial score (nSPS) is 19.4. The highest BCUT2D eigenvalue weighted by Crippen LogP contribution is 2.28. The Morgan fingerprint density at radius 1 is 1.16 bits per heavy atom. The van der Waals surface area contributed by atoms with Crippen molar-refractivity contribution in [1.29, 1.82) is 0 Å². The molecule has 0 spiro atoms. The van der Waals surface area contributed by atoms with E-state index in [1.165, 1.54) is 0 Å². The molecule has 0 bridgehead atoms. The van der Waals surface area contributed by atoms with E-state index in [1.54, 1.807) is 18.9 Å². The zero-order valence-corrected chi connectivity index (χ0v) is 13.8. The van der Waals surface area contributed by atoms with Crippen LogP contribution in [0, 0.1) is 5.92 Å². The number of hydrogen-bond acceptors (Lipinski definition) is 4. The van der Waals surface area contributed by atoms with Gasteiger partial charge in [0, 0.05) is 30.5 Å². The van der Waals surface area contributed by atoms with Crippen LogP contribution in [0.5, 0.6) is 0 Å². The Morgan fingerprint density at radius 3 is 2.68 bits per heavy atom. The zero-order valence-electron chi connectivity index (χ0n) is 13.8. The number of amides is 1. The molecule has 128 valence electrons. The Bertz CT molecular complexity index is 804. The molecule has 25 heavy (non-hydrogen) atoms. The Hall–Kier alpha value is -2.96. The van der Waals surface area contributed by atoms with E-state index in [2.05, 4.69) is 20.5 Å². The summed E-state index contributed by atoms with van der Waals surface area (Å²) in [6.45, 7) is 1.58. The van der Waals surface area contributed by atoms with Gasteiger partial charge in [0.1, 0.15) is 12.7 Å². The van der Waals surface area contributed by atoms with Gasteiger partial charge in [-0.1, -0.05) is 12.1 Å². The van der Waals surface area contributed by atoms with Crippen LogP contribution >= 0.6 is 0 Å². The van der Waals surface area contributed by atoms with E-state index in [4.69, 9.17) is 0 Å². The fourth-order valence-electron chi connectivity index (χ4n) is 3.21. The topological polar surface area (TPSA) is 77.6 Å². The van der Waals surface area contributed by atoms with Crippen LogP contribution in [0.15, 0.2) is 55.4 Å².